The average molecular weight is 410 g/mol. The molecular weight excluding hydrogens is 387 g/mol. The first-order valence-electron chi connectivity index (χ1n) is 9.88. The van der Waals surface area contributed by atoms with Gasteiger partial charge in [0.05, 0.1) is 6.10 Å². The zero-order chi connectivity index (χ0) is 20.9. The highest BCUT2D eigenvalue weighted by atomic mass is 19.1. The fourth-order valence-electron chi connectivity index (χ4n) is 3.63. The maximum absolute atomic E-state index is 13.4. The fraction of sp³-hybridized carbons (Fsp3) is 0.318. The molecule has 0 spiro atoms. The van der Waals surface area contributed by atoms with Gasteiger partial charge < -0.3 is 25.1 Å². The van der Waals surface area contributed by atoms with Gasteiger partial charge in [-0.25, -0.2) is 4.98 Å². The smallest absolute Gasteiger partial charge is 0.260 e. The van der Waals surface area contributed by atoms with E-state index in [2.05, 4.69) is 10.3 Å². The van der Waals surface area contributed by atoms with Crippen LogP contribution in [0.2, 0.25) is 0 Å². The van der Waals surface area contributed by atoms with E-state index >= 15 is 0 Å². The van der Waals surface area contributed by atoms with E-state index in [-0.39, 0.29) is 12.0 Å². The normalized spacial score (nSPS) is 18.4. The predicted octanol–water partition coefficient (Wildman–Crippen LogP) is 3.67. The van der Waals surface area contributed by atoms with Crippen LogP contribution in [0.1, 0.15) is 34.3 Å². The summed E-state index contributed by atoms with van der Waals surface area (Å²) >= 11 is 0. The topological polar surface area (TPSA) is 87.5 Å². The Morgan fingerprint density at radius 1 is 1.37 bits per heavy atom. The number of pyridine rings is 1. The summed E-state index contributed by atoms with van der Waals surface area (Å²) < 4.78 is 24.8. The molecule has 30 heavy (non-hydrogen) atoms. The molecule has 0 aliphatic carbocycles. The van der Waals surface area contributed by atoms with Crippen LogP contribution in [0, 0.1) is 5.41 Å². The average Bonchev–Trinajstić information content (AvgIpc) is 3.37. The van der Waals surface area contributed by atoms with Gasteiger partial charge in [-0.15, -0.1) is 0 Å². The summed E-state index contributed by atoms with van der Waals surface area (Å²) in [6.45, 7) is 2.07. The van der Waals surface area contributed by atoms with E-state index in [9.17, 15) is 9.18 Å². The Kier molecular flexibility index (Phi) is 6.04. The summed E-state index contributed by atoms with van der Waals surface area (Å²) in [5, 5.41) is 9.44. The number of rotatable bonds is 8. The van der Waals surface area contributed by atoms with Gasteiger partial charge in [-0.2, -0.15) is 4.39 Å². The number of carbonyl (C=O) groups is 1. The van der Waals surface area contributed by atoms with Crippen molar-refractivity contribution in [2.45, 2.75) is 32.0 Å². The van der Waals surface area contributed by atoms with E-state index in [1.165, 1.54) is 0 Å². The fourth-order valence-corrected chi connectivity index (χ4v) is 3.63. The number of nitrogens with one attached hydrogen (secondary N) is 2. The van der Waals surface area contributed by atoms with Crippen LogP contribution in [-0.2, 0) is 17.8 Å². The van der Waals surface area contributed by atoms with Gasteiger partial charge in [0, 0.05) is 43.9 Å². The monoisotopic (exact) mass is 410 g/mol. The Balaban J connectivity index is 1.41. The third kappa shape index (κ3) is 4.49. The third-order valence-corrected chi connectivity index (χ3v) is 5.12. The van der Waals surface area contributed by atoms with Crippen molar-refractivity contribution >= 4 is 17.8 Å². The van der Waals surface area contributed by atoms with Gasteiger partial charge in [-0.3, -0.25) is 4.79 Å². The van der Waals surface area contributed by atoms with E-state index in [0.29, 0.717) is 36.8 Å². The van der Waals surface area contributed by atoms with Crippen molar-refractivity contribution in [1.82, 2.24) is 9.88 Å². The number of benzene rings is 1. The lowest BCUT2D eigenvalue weighted by Crippen LogP contribution is -2.24. The zero-order valence-corrected chi connectivity index (χ0v) is 16.4. The molecule has 0 radical (unpaired) electrons. The molecule has 0 bridgehead atoms. The molecule has 8 heteroatoms. The summed E-state index contributed by atoms with van der Waals surface area (Å²) in [7, 11) is 0. The molecule has 1 unspecified atom stereocenters. The second-order valence-electron chi connectivity index (χ2n) is 7.26. The minimum Gasteiger partial charge on any atom is -0.474 e. The number of hydrogen-bond acceptors (Lipinski definition) is 6. The first kappa shape index (κ1) is 20.0. The predicted molar refractivity (Wildman–Crippen MR) is 110 cm³/mol. The highest BCUT2D eigenvalue weighted by Crippen LogP contribution is 2.31. The third-order valence-electron chi connectivity index (χ3n) is 5.12. The maximum atomic E-state index is 13.4. The molecule has 1 fully saturated rings. The Bertz CT molecular complexity index is 955. The van der Waals surface area contributed by atoms with Crippen molar-refractivity contribution in [3.8, 4) is 5.88 Å². The summed E-state index contributed by atoms with van der Waals surface area (Å²) in [5.74, 6) is -0.350. The second-order valence-corrected chi connectivity index (χ2v) is 7.26. The summed E-state index contributed by atoms with van der Waals surface area (Å²) in [4.78, 5) is 19.0. The molecule has 1 saturated heterocycles. The molecule has 1 aromatic heterocycles. The van der Waals surface area contributed by atoms with Gasteiger partial charge in [-0.05, 0) is 42.2 Å². The number of halogens is 1. The molecule has 2 aliphatic rings. The van der Waals surface area contributed by atoms with E-state index in [4.69, 9.17) is 14.9 Å². The van der Waals surface area contributed by atoms with E-state index in [0.717, 1.165) is 42.9 Å². The van der Waals surface area contributed by atoms with Crippen LogP contribution in [0.4, 0.5) is 10.1 Å². The maximum Gasteiger partial charge on any atom is 0.260 e. The van der Waals surface area contributed by atoms with E-state index in [1.807, 2.05) is 18.2 Å². The van der Waals surface area contributed by atoms with Crippen molar-refractivity contribution in [2.24, 2.45) is 0 Å². The number of nitrogens with zero attached hydrogens (tertiary/aromatic N) is 2. The number of anilines is 1. The standard InChI is InChI=1S/C22H23FN4O3/c23-19(7-9-24)26-17-5-3-15(4-6-17)12-27-13-16-8-10-25-21(20(16)22(27)28)30-14-18-2-1-11-29-18/h3-10,18,24,26H,1-2,11-14H2/b19-7-,24-9?. The first-order chi connectivity index (χ1) is 14.6. The van der Waals surface area contributed by atoms with E-state index in [1.54, 1.807) is 23.2 Å². The summed E-state index contributed by atoms with van der Waals surface area (Å²) in [6, 6.07) is 8.99. The van der Waals surface area contributed by atoms with Crippen LogP contribution in [-0.4, -0.2) is 41.3 Å². The highest BCUT2D eigenvalue weighted by Gasteiger charge is 2.32. The minimum atomic E-state index is -0.606. The van der Waals surface area contributed by atoms with Gasteiger partial charge in [0.15, 0.2) is 5.95 Å². The van der Waals surface area contributed by atoms with Crippen molar-refractivity contribution in [2.75, 3.05) is 18.5 Å². The number of hydrogen-bond donors (Lipinski definition) is 2. The van der Waals surface area contributed by atoms with Gasteiger partial charge in [0.25, 0.3) is 5.91 Å². The molecule has 2 aliphatic heterocycles. The Hall–Kier alpha value is -3.26. The van der Waals surface area contributed by atoms with Crippen molar-refractivity contribution in [3.63, 3.8) is 0 Å². The van der Waals surface area contributed by atoms with Crippen LogP contribution in [0.15, 0.2) is 48.6 Å². The van der Waals surface area contributed by atoms with Crippen LogP contribution in [0.3, 0.4) is 0 Å². The molecule has 7 nitrogen and oxygen atoms in total. The Labute approximate surface area is 174 Å². The number of allylic oxidation sites excluding steroid dienone is 1. The SMILES string of the molecule is N=C/C=C(/F)Nc1ccc(CN2Cc3ccnc(OCC4CCCO4)c3C2=O)cc1. The number of ether oxygens (including phenoxy) is 2. The molecule has 156 valence electrons. The molecular formula is C22H23FN4O3. The van der Waals surface area contributed by atoms with Crippen LogP contribution in [0.5, 0.6) is 5.88 Å². The molecule has 4 rings (SSSR count). The van der Waals surface area contributed by atoms with Crippen LogP contribution < -0.4 is 10.1 Å². The lowest BCUT2D eigenvalue weighted by Gasteiger charge is -2.16. The van der Waals surface area contributed by atoms with Gasteiger partial charge in [0.2, 0.25) is 5.88 Å². The van der Waals surface area contributed by atoms with E-state index < -0.39 is 5.95 Å². The van der Waals surface area contributed by atoms with Gasteiger partial charge in [0.1, 0.15) is 12.2 Å². The number of amides is 1. The molecule has 3 heterocycles. The van der Waals surface area contributed by atoms with Crippen LogP contribution >= 0.6 is 0 Å². The minimum absolute atomic E-state index is 0.0566. The summed E-state index contributed by atoms with van der Waals surface area (Å²) in [6.07, 6.45) is 5.61. The van der Waals surface area contributed by atoms with Gasteiger partial charge in [-0.1, -0.05) is 12.1 Å². The highest BCUT2D eigenvalue weighted by molar-refractivity contribution is 6.00. The molecule has 2 aromatic rings. The molecule has 1 amide bonds. The largest absolute Gasteiger partial charge is 0.474 e. The lowest BCUT2D eigenvalue weighted by molar-refractivity contribution is 0.0643. The van der Waals surface area contributed by atoms with Gasteiger partial charge >= 0.3 is 0 Å². The second kappa shape index (κ2) is 9.04. The van der Waals surface area contributed by atoms with Crippen molar-refractivity contribution in [1.29, 1.82) is 5.41 Å². The number of carbonyl (C=O) groups excluding carboxylic acids is 1. The molecule has 1 atom stereocenters. The Morgan fingerprint density at radius 2 is 2.20 bits per heavy atom. The number of fused-ring (bicyclic) bond motifs is 1. The van der Waals surface area contributed by atoms with Crippen LogP contribution in [0.25, 0.3) is 0 Å². The quantitative estimate of drug-likeness (QED) is 0.512. The number of aromatic nitrogens is 1. The summed E-state index contributed by atoms with van der Waals surface area (Å²) in [5.41, 5.74) is 2.91. The first-order valence-corrected chi connectivity index (χ1v) is 9.88. The Morgan fingerprint density at radius 3 is 2.93 bits per heavy atom. The van der Waals surface area contributed by atoms with Crippen molar-refractivity contribution in [3.05, 3.63) is 65.2 Å². The molecule has 1 aromatic carbocycles. The molecule has 2 N–H and O–H groups in total. The molecule has 0 saturated carbocycles. The lowest BCUT2D eigenvalue weighted by atomic mass is 10.2. The zero-order valence-electron chi connectivity index (χ0n) is 16.4. The van der Waals surface area contributed by atoms with Crippen molar-refractivity contribution < 1.29 is 18.7 Å².